The Bertz CT molecular complexity index is 243. The van der Waals surface area contributed by atoms with Crippen molar-refractivity contribution in [2.24, 2.45) is 5.92 Å². The number of hydrogen-bond acceptors (Lipinski definition) is 4. The third kappa shape index (κ3) is 8.67. The van der Waals surface area contributed by atoms with Crippen molar-refractivity contribution in [3.63, 3.8) is 0 Å². The van der Waals surface area contributed by atoms with Crippen LogP contribution < -0.4 is 0 Å². The number of carbonyl (C=O) groups is 1. The fourth-order valence-corrected chi connectivity index (χ4v) is 2.37. The fraction of sp³-hybridized carbons (Fsp3) is 0.938. The SMILES string of the molecule is CCCCOCCOCCOCCC1CCCCC1=O. The smallest absolute Gasteiger partial charge is 0.136 e. The summed E-state index contributed by atoms with van der Waals surface area (Å²) >= 11 is 0. The molecule has 4 nitrogen and oxygen atoms in total. The highest BCUT2D eigenvalue weighted by atomic mass is 16.5. The van der Waals surface area contributed by atoms with Crippen molar-refractivity contribution in [1.29, 1.82) is 0 Å². The van der Waals surface area contributed by atoms with Crippen LogP contribution in [0.1, 0.15) is 51.9 Å². The van der Waals surface area contributed by atoms with Gasteiger partial charge in [0.25, 0.3) is 0 Å². The Kier molecular flexibility index (Phi) is 10.8. The van der Waals surface area contributed by atoms with E-state index in [1.807, 2.05) is 0 Å². The monoisotopic (exact) mass is 286 g/mol. The van der Waals surface area contributed by atoms with Gasteiger partial charge in [0.2, 0.25) is 0 Å². The van der Waals surface area contributed by atoms with Gasteiger partial charge < -0.3 is 14.2 Å². The normalized spacial score (nSPS) is 19.4. The first-order chi connectivity index (χ1) is 9.84. The van der Waals surface area contributed by atoms with E-state index < -0.39 is 0 Å². The highest BCUT2D eigenvalue weighted by Crippen LogP contribution is 2.23. The summed E-state index contributed by atoms with van der Waals surface area (Å²) < 4.78 is 16.3. The predicted octanol–water partition coefficient (Wildman–Crippen LogP) is 2.99. The van der Waals surface area contributed by atoms with Crippen molar-refractivity contribution in [3.8, 4) is 0 Å². The van der Waals surface area contributed by atoms with E-state index in [2.05, 4.69) is 6.92 Å². The molecule has 0 aromatic carbocycles. The summed E-state index contributed by atoms with van der Waals surface area (Å²) in [5.41, 5.74) is 0. The van der Waals surface area contributed by atoms with Gasteiger partial charge in [-0.1, -0.05) is 19.8 Å². The van der Waals surface area contributed by atoms with E-state index in [0.29, 0.717) is 38.8 Å². The summed E-state index contributed by atoms with van der Waals surface area (Å²) in [7, 11) is 0. The first-order valence-electron chi connectivity index (χ1n) is 8.10. The highest BCUT2D eigenvalue weighted by molar-refractivity contribution is 5.81. The van der Waals surface area contributed by atoms with Crippen LogP contribution in [0.2, 0.25) is 0 Å². The molecule has 0 bridgehead atoms. The zero-order chi connectivity index (χ0) is 14.5. The van der Waals surface area contributed by atoms with Crippen LogP contribution in [-0.4, -0.2) is 45.4 Å². The molecule has 0 aromatic heterocycles. The third-order valence-corrected chi connectivity index (χ3v) is 3.68. The molecule has 0 amide bonds. The van der Waals surface area contributed by atoms with Crippen molar-refractivity contribution in [1.82, 2.24) is 0 Å². The Morgan fingerprint density at radius 3 is 2.25 bits per heavy atom. The van der Waals surface area contributed by atoms with Gasteiger partial charge in [-0.25, -0.2) is 0 Å². The van der Waals surface area contributed by atoms with Gasteiger partial charge in [-0.3, -0.25) is 4.79 Å². The average Bonchev–Trinajstić information content (AvgIpc) is 2.46. The molecule has 1 aliphatic carbocycles. The fourth-order valence-electron chi connectivity index (χ4n) is 2.37. The summed E-state index contributed by atoms with van der Waals surface area (Å²) in [6.45, 7) is 6.16. The van der Waals surface area contributed by atoms with Gasteiger partial charge in [-0.15, -0.1) is 0 Å². The minimum Gasteiger partial charge on any atom is -0.379 e. The Balaban J connectivity index is 1.79. The lowest BCUT2D eigenvalue weighted by Crippen LogP contribution is -2.21. The van der Waals surface area contributed by atoms with Crippen LogP contribution in [-0.2, 0) is 19.0 Å². The van der Waals surface area contributed by atoms with Crippen LogP contribution >= 0.6 is 0 Å². The van der Waals surface area contributed by atoms with Crippen LogP contribution in [0.5, 0.6) is 0 Å². The topological polar surface area (TPSA) is 44.8 Å². The van der Waals surface area contributed by atoms with E-state index in [4.69, 9.17) is 14.2 Å². The van der Waals surface area contributed by atoms with E-state index in [-0.39, 0.29) is 5.92 Å². The molecule has 1 aliphatic rings. The number of ketones is 1. The second-order valence-electron chi connectivity index (χ2n) is 5.39. The maximum absolute atomic E-state index is 11.6. The molecule has 0 saturated heterocycles. The molecule has 0 heterocycles. The molecule has 20 heavy (non-hydrogen) atoms. The lowest BCUT2D eigenvalue weighted by molar-refractivity contribution is -0.125. The van der Waals surface area contributed by atoms with Crippen LogP contribution in [0.3, 0.4) is 0 Å². The molecular weight excluding hydrogens is 256 g/mol. The van der Waals surface area contributed by atoms with Gasteiger partial charge in [0.15, 0.2) is 0 Å². The van der Waals surface area contributed by atoms with Gasteiger partial charge in [-0.05, 0) is 25.7 Å². The molecule has 1 saturated carbocycles. The van der Waals surface area contributed by atoms with Crippen LogP contribution in [0.4, 0.5) is 0 Å². The standard InChI is InChI=1S/C16H30O4/c1-2-3-9-18-11-13-20-14-12-19-10-8-15-6-4-5-7-16(15)17/h15H,2-14H2,1H3. The van der Waals surface area contributed by atoms with Gasteiger partial charge in [-0.2, -0.15) is 0 Å². The molecule has 4 heteroatoms. The molecule has 1 fully saturated rings. The average molecular weight is 286 g/mol. The van der Waals surface area contributed by atoms with Crippen molar-refractivity contribution in [3.05, 3.63) is 0 Å². The largest absolute Gasteiger partial charge is 0.379 e. The number of carbonyl (C=O) groups excluding carboxylic acids is 1. The molecule has 118 valence electrons. The summed E-state index contributed by atoms with van der Waals surface area (Å²) in [4.78, 5) is 11.6. The maximum Gasteiger partial charge on any atom is 0.136 e. The minimum atomic E-state index is 0.247. The summed E-state index contributed by atoms with van der Waals surface area (Å²) in [6.07, 6.45) is 7.24. The van der Waals surface area contributed by atoms with Gasteiger partial charge >= 0.3 is 0 Å². The number of ether oxygens (including phenoxy) is 3. The van der Waals surface area contributed by atoms with E-state index in [1.54, 1.807) is 0 Å². The van der Waals surface area contributed by atoms with Crippen LogP contribution in [0.15, 0.2) is 0 Å². The lowest BCUT2D eigenvalue weighted by Gasteiger charge is -2.20. The second-order valence-corrected chi connectivity index (χ2v) is 5.39. The maximum atomic E-state index is 11.6. The number of rotatable bonds is 12. The Labute approximate surface area is 123 Å². The second kappa shape index (κ2) is 12.3. The van der Waals surface area contributed by atoms with Crippen molar-refractivity contribution in [2.75, 3.05) is 39.6 Å². The molecule has 0 aromatic rings. The third-order valence-electron chi connectivity index (χ3n) is 3.68. The Hall–Kier alpha value is -0.450. The predicted molar refractivity (Wildman–Crippen MR) is 78.9 cm³/mol. The zero-order valence-corrected chi connectivity index (χ0v) is 12.9. The Morgan fingerprint density at radius 2 is 1.60 bits per heavy atom. The quantitative estimate of drug-likeness (QED) is 0.517. The minimum absolute atomic E-state index is 0.247. The summed E-state index contributed by atoms with van der Waals surface area (Å²) in [5.74, 6) is 0.678. The molecule has 0 radical (unpaired) electrons. The van der Waals surface area contributed by atoms with Crippen LogP contribution in [0, 0.1) is 5.92 Å². The molecule has 1 atom stereocenters. The first kappa shape index (κ1) is 17.6. The molecule has 0 N–H and O–H groups in total. The van der Waals surface area contributed by atoms with Crippen molar-refractivity contribution >= 4 is 5.78 Å². The van der Waals surface area contributed by atoms with Gasteiger partial charge in [0, 0.05) is 25.6 Å². The van der Waals surface area contributed by atoms with E-state index in [0.717, 1.165) is 45.1 Å². The number of Topliss-reactive ketones (excluding diaryl/α,β-unsaturated/α-hetero) is 1. The Morgan fingerprint density at radius 1 is 0.950 bits per heavy atom. The lowest BCUT2D eigenvalue weighted by atomic mass is 9.86. The zero-order valence-electron chi connectivity index (χ0n) is 12.9. The number of unbranched alkanes of at least 4 members (excludes halogenated alkanes) is 1. The molecule has 1 rings (SSSR count). The molecule has 0 spiro atoms. The highest BCUT2D eigenvalue weighted by Gasteiger charge is 2.21. The van der Waals surface area contributed by atoms with Crippen molar-refractivity contribution in [2.45, 2.75) is 51.9 Å². The van der Waals surface area contributed by atoms with Gasteiger partial charge in [0.05, 0.1) is 26.4 Å². The molecule has 0 aliphatic heterocycles. The molecule has 1 unspecified atom stereocenters. The molecular formula is C16H30O4. The van der Waals surface area contributed by atoms with E-state index in [9.17, 15) is 4.79 Å². The van der Waals surface area contributed by atoms with Crippen LogP contribution in [0.25, 0.3) is 0 Å². The van der Waals surface area contributed by atoms with Crippen molar-refractivity contribution < 1.29 is 19.0 Å². The summed E-state index contributed by atoms with van der Waals surface area (Å²) in [5, 5.41) is 0. The van der Waals surface area contributed by atoms with E-state index >= 15 is 0 Å². The van der Waals surface area contributed by atoms with E-state index in [1.165, 1.54) is 6.42 Å². The number of hydrogen-bond donors (Lipinski definition) is 0. The summed E-state index contributed by atoms with van der Waals surface area (Å²) in [6, 6.07) is 0. The first-order valence-corrected chi connectivity index (χ1v) is 8.10. The van der Waals surface area contributed by atoms with Gasteiger partial charge in [0.1, 0.15) is 5.78 Å².